The van der Waals surface area contributed by atoms with Crippen molar-refractivity contribution in [2.75, 3.05) is 16.8 Å². The zero-order chi connectivity index (χ0) is 15.7. The Morgan fingerprint density at radius 1 is 1.41 bits per heavy atom. The number of ether oxygens (including phenoxy) is 1. The molecule has 114 valence electrons. The molecule has 22 heavy (non-hydrogen) atoms. The second-order valence-corrected chi connectivity index (χ2v) is 5.90. The van der Waals surface area contributed by atoms with E-state index >= 15 is 0 Å². The Balaban J connectivity index is 1.88. The average molecular weight is 316 g/mol. The lowest BCUT2D eigenvalue weighted by Crippen LogP contribution is -2.44. The van der Waals surface area contributed by atoms with Gasteiger partial charge in [0, 0.05) is 12.2 Å². The van der Waals surface area contributed by atoms with Crippen molar-refractivity contribution in [3.05, 3.63) is 40.6 Å². The first-order valence-corrected chi connectivity index (χ1v) is 7.95. The molecule has 6 heteroatoms. The molecule has 1 aliphatic heterocycles. The molecule has 1 aromatic heterocycles. The minimum Gasteiger partial charge on any atom is -0.479 e. The topological polar surface area (TPSA) is 58.6 Å². The lowest BCUT2D eigenvalue weighted by atomic mass is 10.1. The van der Waals surface area contributed by atoms with Gasteiger partial charge in [-0.25, -0.2) is 0 Å². The summed E-state index contributed by atoms with van der Waals surface area (Å²) in [5.74, 6) is 0.425. The molecule has 3 rings (SSSR count). The van der Waals surface area contributed by atoms with Crippen LogP contribution in [0, 0.1) is 0 Å². The number of thiophene rings is 1. The van der Waals surface area contributed by atoms with Gasteiger partial charge in [0.2, 0.25) is 0 Å². The first-order chi connectivity index (χ1) is 10.6. The van der Waals surface area contributed by atoms with Crippen LogP contribution in [0.25, 0.3) is 0 Å². The fraction of sp³-hybridized carbons (Fsp3) is 0.250. The summed E-state index contributed by atoms with van der Waals surface area (Å²) < 4.78 is 5.61. The minimum absolute atomic E-state index is 0.0725. The number of rotatable bonds is 3. The second-order valence-electron chi connectivity index (χ2n) is 4.96. The summed E-state index contributed by atoms with van der Waals surface area (Å²) in [4.78, 5) is 26.6. The van der Waals surface area contributed by atoms with Crippen molar-refractivity contribution in [2.45, 2.75) is 20.0 Å². The van der Waals surface area contributed by atoms with Crippen LogP contribution in [0.4, 0.5) is 11.4 Å². The van der Waals surface area contributed by atoms with Crippen LogP contribution in [-0.4, -0.2) is 24.5 Å². The lowest BCUT2D eigenvalue weighted by molar-refractivity contribution is -0.125. The van der Waals surface area contributed by atoms with Crippen LogP contribution in [0.5, 0.6) is 5.75 Å². The molecule has 0 fully saturated rings. The predicted molar refractivity (Wildman–Crippen MR) is 86.8 cm³/mol. The van der Waals surface area contributed by atoms with E-state index < -0.39 is 6.10 Å². The summed E-state index contributed by atoms with van der Waals surface area (Å²) in [5, 5.41) is 4.70. The molecule has 5 nitrogen and oxygen atoms in total. The van der Waals surface area contributed by atoms with E-state index in [1.807, 2.05) is 18.4 Å². The highest BCUT2D eigenvalue weighted by Gasteiger charge is 2.30. The van der Waals surface area contributed by atoms with Gasteiger partial charge < -0.3 is 15.0 Å². The maximum absolute atomic E-state index is 12.2. The number of fused-ring (bicyclic) bond motifs is 1. The Morgan fingerprint density at radius 2 is 2.23 bits per heavy atom. The van der Waals surface area contributed by atoms with E-state index in [0.29, 0.717) is 28.5 Å². The van der Waals surface area contributed by atoms with E-state index in [9.17, 15) is 9.59 Å². The van der Waals surface area contributed by atoms with Crippen LogP contribution in [-0.2, 0) is 4.79 Å². The molecule has 2 heterocycles. The Morgan fingerprint density at radius 3 is 2.91 bits per heavy atom. The largest absolute Gasteiger partial charge is 0.479 e. The number of amides is 2. The summed E-state index contributed by atoms with van der Waals surface area (Å²) in [6.45, 7) is 4.21. The molecule has 2 aromatic rings. The van der Waals surface area contributed by atoms with Crippen LogP contribution in [0.1, 0.15) is 23.5 Å². The average Bonchev–Trinajstić information content (AvgIpc) is 3.03. The molecule has 2 amide bonds. The van der Waals surface area contributed by atoms with Gasteiger partial charge in [-0.15, -0.1) is 11.3 Å². The van der Waals surface area contributed by atoms with Gasteiger partial charge in [-0.1, -0.05) is 6.07 Å². The summed E-state index contributed by atoms with van der Waals surface area (Å²) in [6.07, 6.45) is -0.487. The van der Waals surface area contributed by atoms with Gasteiger partial charge in [0.1, 0.15) is 5.75 Å². The van der Waals surface area contributed by atoms with Gasteiger partial charge in [0.25, 0.3) is 11.8 Å². The fourth-order valence-electron chi connectivity index (χ4n) is 2.41. The van der Waals surface area contributed by atoms with Crippen molar-refractivity contribution >= 4 is 34.5 Å². The van der Waals surface area contributed by atoms with Crippen LogP contribution in [0.2, 0.25) is 0 Å². The summed E-state index contributed by atoms with van der Waals surface area (Å²) in [7, 11) is 0. The maximum atomic E-state index is 12.2. The van der Waals surface area contributed by atoms with Crippen LogP contribution >= 0.6 is 11.3 Å². The first-order valence-electron chi connectivity index (χ1n) is 7.07. The van der Waals surface area contributed by atoms with Gasteiger partial charge in [-0.3, -0.25) is 9.59 Å². The highest BCUT2D eigenvalue weighted by Crippen LogP contribution is 2.36. The molecule has 1 unspecified atom stereocenters. The third-order valence-corrected chi connectivity index (χ3v) is 4.35. The highest BCUT2D eigenvalue weighted by atomic mass is 32.1. The number of carbonyl (C=O) groups is 2. The molecule has 0 saturated heterocycles. The Labute approximate surface area is 132 Å². The van der Waals surface area contributed by atoms with Crippen molar-refractivity contribution in [1.82, 2.24) is 0 Å². The summed E-state index contributed by atoms with van der Waals surface area (Å²) in [5.41, 5.74) is 1.33. The van der Waals surface area contributed by atoms with E-state index in [1.165, 1.54) is 11.3 Å². The molecule has 1 N–H and O–H groups in total. The Bertz CT molecular complexity index is 712. The molecule has 1 atom stereocenters. The number of nitrogens with zero attached hydrogens (tertiary/aromatic N) is 1. The third-order valence-electron chi connectivity index (χ3n) is 3.49. The standard InChI is InChI=1S/C16H16N2O3S/c1-3-18-12-9-11(17-15(19)14-5-4-8-22-14)6-7-13(12)21-10(2)16(18)20/h4-10H,3H2,1-2H3,(H,17,19). The van der Waals surface area contributed by atoms with E-state index in [4.69, 9.17) is 4.74 Å². The lowest BCUT2D eigenvalue weighted by Gasteiger charge is -2.32. The second kappa shape index (κ2) is 5.81. The monoisotopic (exact) mass is 316 g/mol. The van der Waals surface area contributed by atoms with E-state index in [0.717, 1.165) is 0 Å². The smallest absolute Gasteiger partial charge is 0.267 e. The molecular formula is C16H16N2O3S. The number of nitrogens with one attached hydrogen (secondary N) is 1. The predicted octanol–water partition coefficient (Wildman–Crippen LogP) is 3.13. The molecule has 1 aromatic carbocycles. The fourth-order valence-corrected chi connectivity index (χ4v) is 3.03. The SMILES string of the molecule is CCN1C(=O)C(C)Oc2ccc(NC(=O)c3cccs3)cc21. The van der Waals surface area contributed by atoms with Crippen molar-refractivity contribution < 1.29 is 14.3 Å². The number of benzene rings is 1. The molecular weight excluding hydrogens is 300 g/mol. The maximum Gasteiger partial charge on any atom is 0.267 e. The van der Waals surface area contributed by atoms with Crippen LogP contribution in [0.3, 0.4) is 0 Å². The van der Waals surface area contributed by atoms with Crippen molar-refractivity contribution in [3.63, 3.8) is 0 Å². The molecule has 0 bridgehead atoms. The molecule has 0 aliphatic carbocycles. The molecule has 1 aliphatic rings. The third kappa shape index (κ3) is 2.57. The number of hydrogen-bond acceptors (Lipinski definition) is 4. The number of anilines is 2. The van der Waals surface area contributed by atoms with Gasteiger partial charge in [0.05, 0.1) is 10.6 Å². The summed E-state index contributed by atoms with van der Waals surface area (Å²) in [6, 6.07) is 8.93. The van der Waals surface area contributed by atoms with E-state index in [2.05, 4.69) is 5.32 Å². The quantitative estimate of drug-likeness (QED) is 0.946. The van der Waals surface area contributed by atoms with Gasteiger partial charge in [-0.05, 0) is 43.5 Å². The first kappa shape index (κ1) is 14.6. The molecule has 0 saturated carbocycles. The van der Waals surface area contributed by atoms with Crippen molar-refractivity contribution in [3.8, 4) is 5.75 Å². The van der Waals surface area contributed by atoms with Crippen molar-refractivity contribution in [2.24, 2.45) is 0 Å². The minimum atomic E-state index is -0.487. The van der Waals surface area contributed by atoms with Crippen molar-refractivity contribution in [1.29, 1.82) is 0 Å². The Kier molecular flexibility index (Phi) is 3.85. The highest BCUT2D eigenvalue weighted by molar-refractivity contribution is 7.12. The van der Waals surface area contributed by atoms with E-state index in [1.54, 1.807) is 36.1 Å². The van der Waals surface area contributed by atoms with Crippen LogP contribution in [0.15, 0.2) is 35.7 Å². The number of hydrogen-bond donors (Lipinski definition) is 1. The zero-order valence-electron chi connectivity index (χ0n) is 12.3. The van der Waals surface area contributed by atoms with Gasteiger partial charge in [-0.2, -0.15) is 0 Å². The number of carbonyl (C=O) groups excluding carboxylic acids is 2. The van der Waals surface area contributed by atoms with Gasteiger partial charge >= 0.3 is 0 Å². The zero-order valence-corrected chi connectivity index (χ0v) is 13.1. The number of likely N-dealkylation sites (N-methyl/N-ethyl adjacent to an activating group) is 1. The Hall–Kier alpha value is -2.34. The normalized spacial score (nSPS) is 16.9. The van der Waals surface area contributed by atoms with E-state index in [-0.39, 0.29) is 11.8 Å². The molecule has 0 radical (unpaired) electrons. The summed E-state index contributed by atoms with van der Waals surface area (Å²) >= 11 is 1.38. The molecule has 0 spiro atoms. The van der Waals surface area contributed by atoms with Gasteiger partial charge in [0.15, 0.2) is 6.10 Å². The van der Waals surface area contributed by atoms with Crippen LogP contribution < -0.4 is 15.0 Å².